The molecule has 0 N–H and O–H groups in total. The lowest BCUT2D eigenvalue weighted by Gasteiger charge is -2.15. The Balaban J connectivity index is 2.46. The van der Waals surface area contributed by atoms with E-state index in [2.05, 4.69) is 24.5 Å². The summed E-state index contributed by atoms with van der Waals surface area (Å²) in [5.41, 5.74) is 5.07. The lowest BCUT2D eigenvalue weighted by atomic mass is 10.0. The van der Waals surface area contributed by atoms with Crippen LogP contribution in [0.3, 0.4) is 0 Å². The van der Waals surface area contributed by atoms with E-state index in [4.69, 9.17) is 0 Å². The number of nitrogens with zero attached hydrogens (tertiary/aromatic N) is 1. The fraction of sp³-hybridized carbons (Fsp3) is 0.450. The van der Waals surface area contributed by atoms with E-state index >= 15 is 0 Å². The number of hydrogen-bond donors (Lipinski definition) is 0. The third-order valence-electron chi connectivity index (χ3n) is 5.28. The van der Waals surface area contributed by atoms with E-state index in [1.165, 1.54) is 30.0 Å². The van der Waals surface area contributed by atoms with Crippen molar-refractivity contribution in [2.45, 2.75) is 57.9 Å². The van der Waals surface area contributed by atoms with Crippen LogP contribution in [0.4, 0.5) is 0 Å². The van der Waals surface area contributed by atoms with Gasteiger partial charge in [0.05, 0.1) is 10.4 Å². The van der Waals surface area contributed by atoms with Gasteiger partial charge in [-0.15, -0.1) is 0 Å². The third kappa shape index (κ3) is 2.95. The van der Waals surface area contributed by atoms with Gasteiger partial charge in [0.1, 0.15) is 0 Å². The Bertz CT molecular complexity index is 1010. The molecule has 1 aliphatic carbocycles. The molecule has 1 aromatic carbocycles. The van der Waals surface area contributed by atoms with Crippen LogP contribution in [0.25, 0.3) is 10.9 Å². The van der Waals surface area contributed by atoms with Gasteiger partial charge in [-0.1, -0.05) is 18.6 Å². The Morgan fingerprint density at radius 2 is 2.00 bits per heavy atom. The molecule has 0 bridgehead atoms. The molecule has 0 amide bonds. The zero-order valence-electron chi connectivity index (χ0n) is 15.5. The molecular weight excluding hydrogens is 334 g/mol. The molecule has 1 aromatic heterocycles. The van der Waals surface area contributed by atoms with Gasteiger partial charge in [0.15, 0.2) is 15.6 Å². The molecule has 0 saturated heterocycles. The van der Waals surface area contributed by atoms with Crippen molar-refractivity contribution in [3.63, 3.8) is 0 Å². The average molecular weight is 359 g/mol. The number of carbonyl (C=O) groups is 1. The van der Waals surface area contributed by atoms with Crippen molar-refractivity contribution in [1.29, 1.82) is 0 Å². The van der Waals surface area contributed by atoms with Crippen LogP contribution >= 0.6 is 0 Å². The van der Waals surface area contributed by atoms with Gasteiger partial charge in [0, 0.05) is 29.4 Å². The summed E-state index contributed by atoms with van der Waals surface area (Å²) in [5.74, 6) is 0.312. The molecule has 4 nitrogen and oxygen atoms in total. The monoisotopic (exact) mass is 359 g/mol. The smallest absolute Gasteiger partial charge is 0.175 e. The SMILES string of the molecule is C/C=C(\C)Cn1c2c(c3cc(S(C)(=O)=O)cc(C(C)=O)c31)CC[C@@H]2C. The quantitative estimate of drug-likeness (QED) is 0.605. The van der Waals surface area contributed by atoms with E-state index in [-0.39, 0.29) is 10.7 Å². The van der Waals surface area contributed by atoms with Crippen LogP contribution in [0.15, 0.2) is 28.7 Å². The molecule has 0 fully saturated rings. The lowest BCUT2D eigenvalue weighted by Crippen LogP contribution is -2.09. The number of sulfone groups is 1. The Hall–Kier alpha value is -1.88. The first-order chi connectivity index (χ1) is 11.6. The summed E-state index contributed by atoms with van der Waals surface area (Å²) in [6.07, 6.45) is 5.27. The second kappa shape index (κ2) is 6.13. The van der Waals surface area contributed by atoms with Crippen molar-refractivity contribution >= 4 is 26.5 Å². The Labute approximate surface area is 149 Å². The topological polar surface area (TPSA) is 56.1 Å². The average Bonchev–Trinajstić information content (AvgIpc) is 3.05. The maximum atomic E-state index is 12.3. The standard InChI is InChI=1S/C20H25NO3S/c1-6-12(2)11-21-19-13(3)7-8-16(19)18-10-15(25(5,23)24)9-17(14(4)22)20(18)21/h6,9-10,13H,7-8,11H2,1-5H3/b12-6+/t13-/m0/s1. The molecule has 2 aromatic rings. The summed E-state index contributed by atoms with van der Waals surface area (Å²) in [5, 5.41) is 0.927. The van der Waals surface area contributed by atoms with Gasteiger partial charge in [-0.2, -0.15) is 0 Å². The zero-order valence-corrected chi connectivity index (χ0v) is 16.3. The van der Waals surface area contributed by atoms with Crippen LogP contribution in [0.1, 0.15) is 61.6 Å². The largest absolute Gasteiger partial charge is 0.339 e. The maximum Gasteiger partial charge on any atom is 0.175 e. The van der Waals surface area contributed by atoms with Gasteiger partial charge in [-0.25, -0.2) is 8.42 Å². The molecule has 0 aliphatic heterocycles. The van der Waals surface area contributed by atoms with Crippen molar-refractivity contribution in [2.75, 3.05) is 6.26 Å². The highest BCUT2D eigenvalue weighted by atomic mass is 32.2. The highest BCUT2D eigenvalue weighted by Crippen LogP contribution is 2.42. The summed E-state index contributed by atoms with van der Waals surface area (Å²) >= 11 is 0. The molecule has 0 radical (unpaired) electrons. The maximum absolute atomic E-state index is 12.3. The fourth-order valence-corrected chi connectivity index (χ4v) is 4.53. The van der Waals surface area contributed by atoms with Gasteiger partial charge in [-0.3, -0.25) is 4.79 Å². The van der Waals surface area contributed by atoms with Crippen LogP contribution in [-0.4, -0.2) is 25.0 Å². The van der Waals surface area contributed by atoms with Gasteiger partial charge in [0.2, 0.25) is 0 Å². The van der Waals surface area contributed by atoms with Crippen LogP contribution in [0.2, 0.25) is 0 Å². The van der Waals surface area contributed by atoms with Crippen LogP contribution in [-0.2, 0) is 22.8 Å². The summed E-state index contributed by atoms with van der Waals surface area (Å²) in [6, 6.07) is 3.30. The van der Waals surface area contributed by atoms with Crippen LogP contribution in [0.5, 0.6) is 0 Å². The van der Waals surface area contributed by atoms with E-state index < -0.39 is 9.84 Å². The first-order valence-electron chi connectivity index (χ1n) is 8.67. The summed E-state index contributed by atoms with van der Waals surface area (Å²) in [7, 11) is -3.37. The van der Waals surface area contributed by atoms with Gasteiger partial charge in [0.25, 0.3) is 0 Å². The number of rotatable bonds is 4. The van der Waals surface area contributed by atoms with Gasteiger partial charge < -0.3 is 4.57 Å². The predicted octanol–water partition coefficient (Wildman–Crippen LogP) is 4.26. The second-order valence-corrected chi connectivity index (χ2v) is 9.24. The molecule has 0 unspecified atom stereocenters. The van der Waals surface area contributed by atoms with E-state index in [9.17, 15) is 13.2 Å². The highest BCUT2D eigenvalue weighted by Gasteiger charge is 2.30. The molecule has 1 atom stereocenters. The molecule has 5 heteroatoms. The van der Waals surface area contributed by atoms with E-state index in [1.54, 1.807) is 12.1 Å². The minimum atomic E-state index is -3.37. The van der Waals surface area contributed by atoms with Crippen molar-refractivity contribution in [3.8, 4) is 0 Å². The molecule has 134 valence electrons. The molecule has 25 heavy (non-hydrogen) atoms. The first-order valence-corrected chi connectivity index (χ1v) is 10.6. The number of aryl methyl sites for hydroxylation is 1. The number of fused-ring (bicyclic) bond motifs is 3. The Morgan fingerprint density at radius 3 is 2.56 bits per heavy atom. The van der Waals surface area contributed by atoms with Gasteiger partial charge >= 0.3 is 0 Å². The van der Waals surface area contributed by atoms with E-state index in [0.29, 0.717) is 11.5 Å². The molecular formula is C20H25NO3S. The normalized spacial score (nSPS) is 18.0. The molecule has 3 rings (SSSR count). The van der Waals surface area contributed by atoms with Crippen LogP contribution in [0, 0.1) is 0 Å². The highest BCUT2D eigenvalue weighted by molar-refractivity contribution is 7.90. The Kier molecular flexibility index (Phi) is 4.40. The first kappa shape index (κ1) is 17.9. The third-order valence-corrected chi connectivity index (χ3v) is 6.37. The van der Waals surface area contributed by atoms with Crippen molar-refractivity contribution in [3.05, 3.63) is 40.6 Å². The summed E-state index contributed by atoms with van der Waals surface area (Å²) in [6.45, 7) is 8.53. The number of aromatic nitrogens is 1. The molecule has 1 aliphatic rings. The number of benzene rings is 1. The minimum Gasteiger partial charge on any atom is -0.339 e. The van der Waals surface area contributed by atoms with E-state index in [0.717, 1.165) is 30.3 Å². The fourth-order valence-electron chi connectivity index (χ4n) is 3.86. The van der Waals surface area contributed by atoms with Gasteiger partial charge in [-0.05, 0) is 57.2 Å². The lowest BCUT2D eigenvalue weighted by molar-refractivity contribution is 0.101. The summed E-state index contributed by atoms with van der Waals surface area (Å²) in [4.78, 5) is 12.6. The molecule has 0 saturated carbocycles. The zero-order chi connectivity index (χ0) is 18.5. The molecule has 0 spiro atoms. The van der Waals surface area contributed by atoms with Crippen molar-refractivity contribution in [2.24, 2.45) is 0 Å². The van der Waals surface area contributed by atoms with Crippen molar-refractivity contribution in [1.82, 2.24) is 4.57 Å². The number of carbonyl (C=O) groups excluding carboxylic acids is 1. The number of ketones is 1. The number of allylic oxidation sites excluding steroid dienone is 2. The summed E-state index contributed by atoms with van der Waals surface area (Å²) < 4.78 is 26.5. The van der Waals surface area contributed by atoms with Crippen LogP contribution < -0.4 is 0 Å². The molecule has 1 heterocycles. The Morgan fingerprint density at radius 1 is 1.32 bits per heavy atom. The predicted molar refractivity (Wildman–Crippen MR) is 101 cm³/mol. The van der Waals surface area contributed by atoms with E-state index in [1.807, 2.05) is 6.92 Å². The second-order valence-electron chi connectivity index (χ2n) is 7.22. The minimum absolute atomic E-state index is 0.0984. The number of hydrogen-bond acceptors (Lipinski definition) is 3. The van der Waals surface area contributed by atoms with Crippen molar-refractivity contribution < 1.29 is 13.2 Å². The number of Topliss-reactive ketones (excluding diaryl/α,β-unsaturated/α-hetero) is 1.